The minimum Gasteiger partial charge on any atom is -0.454 e. The molecular weight excluding hydrogens is 224 g/mol. The quantitative estimate of drug-likeness (QED) is 0.814. The molecule has 0 atom stereocenters. The van der Waals surface area contributed by atoms with E-state index in [0.29, 0.717) is 22.7 Å². The van der Waals surface area contributed by atoms with Gasteiger partial charge in [-0.1, -0.05) is 24.3 Å². The minimum absolute atomic E-state index is 0.510. The van der Waals surface area contributed by atoms with Crippen molar-refractivity contribution >= 4 is 5.69 Å². The first-order chi connectivity index (χ1) is 8.63. The molecule has 0 aliphatic rings. The smallest absolute Gasteiger partial charge is 0.150 e. The number of benzene rings is 2. The van der Waals surface area contributed by atoms with Crippen LogP contribution in [0.3, 0.4) is 0 Å². The third-order valence-electron chi connectivity index (χ3n) is 2.83. The summed E-state index contributed by atoms with van der Waals surface area (Å²) in [6, 6.07) is 13.2. The zero-order valence-corrected chi connectivity index (χ0v) is 10.4. The first-order valence-corrected chi connectivity index (χ1v) is 5.66. The summed E-state index contributed by atoms with van der Waals surface area (Å²) in [6.45, 7) is 3.83. The lowest BCUT2D eigenvalue weighted by Gasteiger charge is -2.13. The van der Waals surface area contributed by atoms with E-state index in [2.05, 4.69) is 6.07 Å². The maximum atomic E-state index is 9.08. The number of hydrogen-bond acceptors (Lipinski definition) is 3. The van der Waals surface area contributed by atoms with Gasteiger partial charge in [0.25, 0.3) is 0 Å². The highest BCUT2D eigenvalue weighted by molar-refractivity contribution is 5.60. The van der Waals surface area contributed by atoms with Crippen molar-refractivity contribution in [2.45, 2.75) is 13.8 Å². The topological polar surface area (TPSA) is 59.0 Å². The summed E-state index contributed by atoms with van der Waals surface area (Å²) in [5.74, 6) is 1.15. The number of hydrogen-bond donors (Lipinski definition) is 1. The van der Waals surface area contributed by atoms with Crippen molar-refractivity contribution in [1.29, 1.82) is 5.26 Å². The van der Waals surface area contributed by atoms with E-state index < -0.39 is 0 Å². The molecule has 0 bridgehead atoms. The molecule has 0 unspecified atom stereocenters. The summed E-state index contributed by atoms with van der Waals surface area (Å²) in [7, 11) is 0. The van der Waals surface area contributed by atoms with Crippen LogP contribution >= 0.6 is 0 Å². The second kappa shape index (κ2) is 4.80. The van der Waals surface area contributed by atoms with E-state index in [0.717, 1.165) is 11.1 Å². The number of ether oxygens (including phenoxy) is 1. The number of nitrogen functional groups attached to an aromatic ring is 1. The number of anilines is 1. The van der Waals surface area contributed by atoms with Gasteiger partial charge < -0.3 is 10.5 Å². The summed E-state index contributed by atoms with van der Waals surface area (Å²) in [4.78, 5) is 0. The Morgan fingerprint density at radius 2 is 1.72 bits per heavy atom. The van der Waals surface area contributed by atoms with Crippen molar-refractivity contribution < 1.29 is 4.74 Å². The molecule has 0 fully saturated rings. The van der Waals surface area contributed by atoms with Gasteiger partial charge in [-0.15, -0.1) is 0 Å². The highest BCUT2D eigenvalue weighted by atomic mass is 16.5. The van der Waals surface area contributed by atoms with Crippen LogP contribution in [0.5, 0.6) is 11.5 Å². The Labute approximate surface area is 106 Å². The fraction of sp³-hybridized carbons (Fsp3) is 0.133. The van der Waals surface area contributed by atoms with Crippen molar-refractivity contribution in [3.8, 4) is 17.6 Å². The molecule has 2 aromatic carbocycles. The minimum atomic E-state index is 0.510. The molecule has 3 heteroatoms. The molecule has 2 N–H and O–H groups in total. The van der Waals surface area contributed by atoms with Crippen LogP contribution in [0.25, 0.3) is 0 Å². The van der Waals surface area contributed by atoms with Gasteiger partial charge in [0, 0.05) is 0 Å². The normalized spacial score (nSPS) is 9.83. The number of aryl methyl sites for hydroxylation is 2. The lowest BCUT2D eigenvalue weighted by molar-refractivity contribution is 0.479. The molecule has 0 spiro atoms. The van der Waals surface area contributed by atoms with Crippen LogP contribution in [0, 0.1) is 25.2 Å². The summed E-state index contributed by atoms with van der Waals surface area (Å²) < 4.78 is 5.80. The average molecular weight is 238 g/mol. The standard InChI is InChI=1S/C15H14N2O/c1-10-5-4-8-13(14(10)17)18-15-11(2)6-3-7-12(15)9-16/h3-8H,17H2,1-2H3. The molecule has 0 saturated heterocycles. The van der Waals surface area contributed by atoms with E-state index in [4.69, 9.17) is 15.7 Å². The molecule has 18 heavy (non-hydrogen) atoms. The summed E-state index contributed by atoms with van der Waals surface area (Å²) in [5, 5.41) is 9.08. The van der Waals surface area contributed by atoms with Crippen LogP contribution in [-0.2, 0) is 0 Å². The first kappa shape index (κ1) is 12.0. The van der Waals surface area contributed by atoms with Gasteiger partial charge in [0.05, 0.1) is 11.3 Å². The van der Waals surface area contributed by atoms with Gasteiger partial charge in [-0.05, 0) is 37.1 Å². The van der Waals surface area contributed by atoms with Crippen LogP contribution in [0.1, 0.15) is 16.7 Å². The van der Waals surface area contributed by atoms with E-state index in [-0.39, 0.29) is 0 Å². The van der Waals surface area contributed by atoms with Crippen molar-refractivity contribution in [3.63, 3.8) is 0 Å². The molecule has 0 aromatic heterocycles. The molecule has 0 amide bonds. The molecular formula is C15H14N2O. The Hall–Kier alpha value is -2.47. The lowest BCUT2D eigenvalue weighted by atomic mass is 10.1. The predicted octanol–water partition coefficient (Wildman–Crippen LogP) is 3.55. The lowest BCUT2D eigenvalue weighted by Crippen LogP contribution is -1.97. The van der Waals surface area contributed by atoms with Crippen LogP contribution in [0.2, 0.25) is 0 Å². The fourth-order valence-corrected chi connectivity index (χ4v) is 1.73. The van der Waals surface area contributed by atoms with E-state index in [9.17, 15) is 0 Å². The van der Waals surface area contributed by atoms with Crippen LogP contribution in [0.15, 0.2) is 36.4 Å². The Morgan fingerprint density at radius 1 is 1.06 bits per heavy atom. The SMILES string of the molecule is Cc1cccc(Oc2c(C)cccc2C#N)c1N. The third kappa shape index (κ3) is 2.14. The Morgan fingerprint density at radius 3 is 2.44 bits per heavy atom. The molecule has 2 aromatic rings. The van der Waals surface area contributed by atoms with Crippen molar-refractivity contribution in [1.82, 2.24) is 0 Å². The highest BCUT2D eigenvalue weighted by Gasteiger charge is 2.10. The van der Waals surface area contributed by atoms with E-state index in [1.807, 2.05) is 38.1 Å². The Balaban J connectivity index is 2.47. The van der Waals surface area contributed by atoms with Gasteiger partial charge in [0.15, 0.2) is 5.75 Å². The van der Waals surface area contributed by atoms with Crippen LogP contribution in [-0.4, -0.2) is 0 Å². The average Bonchev–Trinajstić information content (AvgIpc) is 2.37. The summed E-state index contributed by atoms with van der Waals surface area (Å²) in [6.07, 6.45) is 0. The number of rotatable bonds is 2. The molecule has 0 aliphatic heterocycles. The maximum absolute atomic E-state index is 9.08. The summed E-state index contributed by atoms with van der Waals surface area (Å²) in [5.41, 5.74) is 8.95. The van der Waals surface area contributed by atoms with E-state index in [1.54, 1.807) is 12.1 Å². The fourth-order valence-electron chi connectivity index (χ4n) is 1.73. The number of para-hydroxylation sites is 2. The van der Waals surface area contributed by atoms with Crippen molar-refractivity contribution in [3.05, 3.63) is 53.1 Å². The van der Waals surface area contributed by atoms with Crippen molar-refractivity contribution in [2.24, 2.45) is 0 Å². The largest absolute Gasteiger partial charge is 0.454 e. The molecule has 90 valence electrons. The van der Waals surface area contributed by atoms with Crippen LogP contribution < -0.4 is 10.5 Å². The predicted molar refractivity (Wildman–Crippen MR) is 71.6 cm³/mol. The Kier molecular flexibility index (Phi) is 3.20. The molecule has 2 rings (SSSR count). The Bertz CT molecular complexity index is 627. The number of nitrogens with zero attached hydrogens (tertiary/aromatic N) is 1. The van der Waals surface area contributed by atoms with E-state index >= 15 is 0 Å². The maximum Gasteiger partial charge on any atom is 0.150 e. The van der Waals surface area contributed by atoms with Crippen LogP contribution in [0.4, 0.5) is 5.69 Å². The zero-order valence-electron chi connectivity index (χ0n) is 10.4. The molecule has 0 aliphatic carbocycles. The van der Waals surface area contributed by atoms with Gasteiger partial charge in [0.1, 0.15) is 11.8 Å². The van der Waals surface area contributed by atoms with Gasteiger partial charge in [-0.25, -0.2) is 0 Å². The second-order valence-corrected chi connectivity index (χ2v) is 4.15. The molecule has 0 saturated carbocycles. The van der Waals surface area contributed by atoms with Gasteiger partial charge in [-0.2, -0.15) is 5.26 Å². The van der Waals surface area contributed by atoms with Gasteiger partial charge >= 0.3 is 0 Å². The number of nitrogens with two attached hydrogens (primary N) is 1. The van der Waals surface area contributed by atoms with Gasteiger partial charge in [-0.3, -0.25) is 0 Å². The second-order valence-electron chi connectivity index (χ2n) is 4.15. The first-order valence-electron chi connectivity index (χ1n) is 5.66. The monoisotopic (exact) mass is 238 g/mol. The molecule has 3 nitrogen and oxygen atoms in total. The molecule has 0 heterocycles. The third-order valence-corrected chi connectivity index (χ3v) is 2.83. The molecule has 0 radical (unpaired) electrons. The summed E-state index contributed by atoms with van der Waals surface area (Å²) >= 11 is 0. The van der Waals surface area contributed by atoms with E-state index in [1.165, 1.54) is 0 Å². The highest BCUT2D eigenvalue weighted by Crippen LogP contribution is 2.33. The van der Waals surface area contributed by atoms with Gasteiger partial charge in [0.2, 0.25) is 0 Å². The zero-order chi connectivity index (χ0) is 13.1. The van der Waals surface area contributed by atoms with Crippen molar-refractivity contribution in [2.75, 3.05) is 5.73 Å². The number of nitriles is 1.